The average Bonchev–Trinajstić information content (AvgIpc) is 3.17. The fourth-order valence-corrected chi connectivity index (χ4v) is 3.75. The number of rotatable bonds is 5. The Bertz CT molecular complexity index is 1200. The second kappa shape index (κ2) is 8.04. The number of carbonyl (C=O) groups excluding carboxylic acids is 1. The molecule has 142 valence electrons. The number of aromatic nitrogens is 1. The molecule has 1 heterocycles. The van der Waals surface area contributed by atoms with Gasteiger partial charge in [-0.05, 0) is 48.0 Å². The molecule has 0 radical (unpaired) electrons. The number of fused-ring (bicyclic) bond motifs is 1. The number of nitro benzene ring substituents is 1. The van der Waals surface area contributed by atoms with Gasteiger partial charge in [0.1, 0.15) is 5.01 Å². The number of nitrogens with zero attached hydrogens (tertiary/aromatic N) is 2. The molecule has 0 spiro atoms. The summed E-state index contributed by atoms with van der Waals surface area (Å²) in [6.45, 7) is 0. The summed E-state index contributed by atoms with van der Waals surface area (Å²) in [6.07, 6.45) is 3.00. The molecule has 1 amide bonds. The van der Waals surface area contributed by atoms with Crippen LogP contribution in [0.5, 0.6) is 0 Å². The molecule has 1 N–H and O–H groups in total. The van der Waals surface area contributed by atoms with E-state index in [9.17, 15) is 14.9 Å². The number of hydrogen-bond acceptors (Lipinski definition) is 5. The third-order valence-corrected chi connectivity index (χ3v) is 5.29. The van der Waals surface area contributed by atoms with Gasteiger partial charge in [0.05, 0.1) is 15.1 Å². The van der Waals surface area contributed by atoms with Crippen LogP contribution in [0.3, 0.4) is 0 Å². The first-order chi connectivity index (χ1) is 14.1. The number of para-hydroxylation sites is 1. The van der Waals surface area contributed by atoms with Crippen molar-refractivity contribution < 1.29 is 9.72 Å². The number of nitro groups is 1. The lowest BCUT2D eigenvalue weighted by Crippen LogP contribution is -2.07. The predicted octanol–water partition coefficient (Wildman–Crippen LogP) is 5.52. The van der Waals surface area contributed by atoms with E-state index in [1.54, 1.807) is 29.5 Å². The highest BCUT2D eigenvalue weighted by atomic mass is 32.1. The van der Waals surface area contributed by atoms with Gasteiger partial charge < -0.3 is 5.32 Å². The zero-order valence-electron chi connectivity index (χ0n) is 15.1. The lowest BCUT2D eigenvalue weighted by Gasteiger charge is -2.04. The monoisotopic (exact) mass is 401 g/mol. The Balaban J connectivity index is 1.47. The standard InChI is InChI=1S/C22H15N3O3S/c26-21(13-10-15-8-11-18(12-9-15)25(27)28)23-17-5-3-4-16(14-17)22-24-19-6-1-2-7-20(19)29-22/h1-14H,(H,23,26). The first kappa shape index (κ1) is 18.5. The van der Waals surface area contributed by atoms with Crippen LogP contribution in [0.2, 0.25) is 0 Å². The van der Waals surface area contributed by atoms with Gasteiger partial charge in [0.15, 0.2) is 0 Å². The maximum absolute atomic E-state index is 12.2. The fraction of sp³-hybridized carbons (Fsp3) is 0. The van der Waals surface area contributed by atoms with Crippen LogP contribution in [0.25, 0.3) is 26.9 Å². The zero-order chi connectivity index (χ0) is 20.2. The summed E-state index contributed by atoms with van der Waals surface area (Å²) < 4.78 is 1.11. The molecule has 29 heavy (non-hydrogen) atoms. The lowest BCUT2D eigenvalue weighted by atomic mass is 10.2. The van der Waals surface area contributed by atoms with Crippen LogP contribution in [0.4, 0.5) is 11.4 Å². The van der Waals surface area contributed by atoms with Gasteiger partial charge in [-0.2, -0.15) is 0 Å². The number of non-ortho nitro benzene ring substituents is 1. The molecule has 0 aliphatic carbocycles. The first-order valence-corrected chi connectivity index (χ1v) is 9.60. The molecule has 3 aromatic carbocycles. The summed E-state index contributed by atoms with van der Waals surface area (Å²) in [5.41, 5.74) is 3.27. The van der Waals surface area contributed by atoms with Crippen molar-refractivity contribution in [2.45, 2.75) is 0 Å². The van der Waals surface area contributed by atoms with E-state index >= 15 is 0 Å². The highest BCUT2D eigenvalue weighted by Gasteiger charge is 2.07. The van der Waals surface area contributed by atoms with E-state index in [2.05, 4.69) is 10.3 Å². The van der Waals surface area contributed by atoms with Crippen LogP contribution in [-0.4, -0.2) is 15.8 Å². The van der Waals surface area contributed by atoms with Gasteiger partial charge >= 0.3 is 0 Å². The largest absolute Gasteiger partial charge is 0.322 e. The summed E-state index contributed by atoms with van der Waals surface area (Å²) in [5.74, 6) is -0.287. The van der Waals surface area contributed by atoms with E-state index in [0.717, 1.165) is 20.8 Å². The third-order valence-electron chi connectivity index (χ3n) is 4.20. The fourth-order valence-electron chi connectivity index (χ4n) is 2.79. The molecule has 0 fully saturated rings. The van der Waals surface area contributed by atoms with Gasteiger partial charge in [-0.3, -0.25) is 14.9 Å². The summed E-state index contributed by atoms with van der Waals surface area (Å²) in [5, 5.41) is 14.4. The molecule has 1 aromatic heterocycles. The number of amides is 1. The van der Waals surface area contributed by atoms with Crippen LogP contribution >= 0.6 is 11.3 Å². The summed E-state index contributed by atoms with van der Waals surface area (Å²) in [7, 11) is 0. The molecule has 4 rings (SSSR count). The minimum absolute atomic E-state index is 0.0123. The second-order valence-corrected chi connectivity index (χ2v) is 7.27. The summed E-state index contributed by atoms with van der Waals surface area (Å²) >= 11 is 1.60. The Morgan fingerprint density at radius 3 is 2.59 bits per heavy atom. The topological polar surface area (TPSA) is 85.1 Å². The van der Waals surface area contributed by atoms with E-state index in [1.807, 2.05) is 48.5 Å². The Kier molecular flexibility index (Phi) is 5.13. The maximum atomic E-state index is 12.2. The minimum Gasteiger partial charge on any atom is -0.322 e. The number of thiazole rings is 1. The predicted molar refractivity (Wildman–Crippen MR) is 116 cm³/mol. The van der Waals surface area contributed by atoms with Crippen LogP contribution < -0.4 is 5.32 Å². The molecule has 0 saturated heterocycles. The number of benzene rings is 3. The van der Waals surface area contributed by atoms with Gasteiger partial charge in [-0.15, -0.1) is 11.3 Å². The van der Waals surface area contributed by atoms with Crippen LogP contribution in [0.1, 0.15) is 5.56 Å². The molecular weight excluding hydrogens is 386 g/mol. The molecule has 0 aliphatic rings. The SMILES string of the molecule is O=C(C=Cc1ccc([N+](=O)[O-])cc1)Nc1cccc(-c2nc3ccccc3s2)c1. The van der Waals surface area contributed by atoms with Gasteiger partial charge in [0, 0.05) is 29.5 Å². The van der Waals surface area contributed by atoms with Crippen LogP contribution in [-0.2, 0) is 4.79 Å². The van der Waals surface area contributed by atoms with E-state index in [1.165, 1.54) is 18.2 Å². The minimum atomic E-state index is -0.460. The van der Waals surface area contributed by atoms with Gasteiger partial charge in [0.25, 0.3) is 5.69 Å². The summed E-state index contributed by atoms with van der Waals surface area (Å²) in [6, 6.07) is 21.5. The van der Waals surface area contributed by atoms with Crippen molar-refractivity contribution >= 4 is 44.9 Å². The zero-order valence-corrected chi connectivity index (χ0v) is 15.9. The Labute approximate surface area is 170 Å². The van der Waals surface area contributed by atoms with Crippen LogP contribution in [0.15, 0.2) is 78.9 Å². The maximum Gasteiger partial charge on any atom is 0.269 e. The van der Waals surface area contributed by atoms with Crippen molar-refractivity contribution in [3.8, 4) is 10.6 Å². The van der Waals surface area contributed by atoms with Crippen molar-refractivity contribution in [2.75, 3.05) is 5.32 Å². The molecule has 4 aromatic rings. The normalized spacial score (nSPS) is 11.0. The molecular formula is C22H15N3O3S. The Morgan fingerprint density at radius 2 is 1.83 bits per heavy atom. The molecule has 0 saturated carbocycles. The van der Waals surface area contributed by atoms with Gasteiger partial charge in [0.2, 0.25) is 5.91 Å². The van der Waals surface area contributed by atoms with E-state index in [4.69, 9.17) is 0 Å². The lowest BCUT2D eigenvalue weighted by molar-refractivity contribution is -0.384. The Morgan fingerprint density at radius 1 is 1.03 bits per heavy atom. The number of hydrogen-bond donors (Lipinski definition) is 1. The summed E-state index contributed by atoms with van der Waals surface area (Å²) in [4.78, 5) is 27.1. The molecule has 0 aliphatic heterocycles. The van der Waals surface area contributed by atoms with E-state index in [-0.39, 0.29) is 11.6 Å². The van der Waals surface area contributed by atoms with Crippen LogP contribution in [0, 0.1) is 10.1 Å². The molecule has 6 nitrogen and oxygen atoms in total. The van der Waals surface area contributed by atoms with Crippen molar-refractivity contribution in [1.29, 1.82) is 0 Å². The highest BCUT2D eigenvalue weighted by Crippen LogP contribution is 2.31. The highest BCUT2D eigenvalue weighted by molar-refractivity contribution is 7.21. The average molecular weight is 401 g/mol. The van der Waals surface area contributed by atoms with E-state index < -0.39 is 4.92 Å². The molecule has 0 bridgehead atoms. The molecule has 0 atom stereocenters. The van der Waals surface area contributed by atoms with Gasteiger partial charge in [-0.25, -0.2) is 4.98 Å². The molecule has 7 heteroatoms. The third kappa shape index (κ3) is 4.36. The van der Waals surface area contributed by atoms with Crippen molar-refractivity contribution in [1.82, 2.24) is 4.98 Å². The van der Waals surface area contributed by atoms with Crippen molar-refractivity contribution in [2.24, 2.45) is 0 Å². The van der Waals surface area contributed by atoms with E-state index in [0.29, 0.717) is 11.3 Å². The molecule has 0 unspecified atom stereocenters. The quantitative estimate of drug-likeness (QED) is 0.271. The van der Waals surface area contributed by atoms with Crippen molar-refractivity contribution in [3.63, 3.8) is 0 Å². The van der Waals surface area contributed by atoms with Crippen molar-refractivity contribution in [3.05, 3.63) is 94.6 Å². The first-order valence-electron chi connectivity index (χ1n) is 8.78. The number of nitrogens with one attached hydrogen (secondary N) is 1. The number of anilines is 1. The Hall–Kier alpha value is -3.84. The van der Waals surface area contributed by atoms with Gasteiger partial charge in [-0.1, -0.05) is 24.3 Å². The number of carbonyl (C=O) groups is 1. The second-order valence-electron chi connectivity index (χ2n) is 6.24. The smallest absolute Gasteiger partial charge is 0.269 e.